The van der Waals surface area contributed by atoms with Crippen LogP contribution in [0.2, 0.25) is 25.7 Å². The van der Waals surface area contributed by atoms with Gasteiger partial charge in [0.15, 0.2) is 0 Å². The van der Waals surface area contributed by atoms with Crippen LogP contribution >= 0.6 is 11.6 Å². The molecule has 17 heavy (non-hydrogen) atoms. The molecule has 0 spiro atoms. The first-order valence-electron chi connectivity index (χ1n) is 6.13. The molecule has 1 unspecified atom stereocenters. The van der Waals surface area contributed by atoms with Gasteiger partial charge in [0.05, 0.1) is 7.11 Å². The van der Waals surface area contributed by atoms with Gasteiger partial charge in [0.2, 0.25) is 0 Å². The van der Waals surface area contributed by atoms with Gasteiger partial charge < -0.3 is 4.74 Å². The van der Waals surface area contributed by atoms with Crippen molar-refractivity contribution in [1.82, 2.24) is 0 Å². The minimum absolute atomic E-state index is 0.608. The highest BCUT2D eigenvalue weighted by atomic mass is 35.5. The van der Waals surface area contributed by atoms with Crippen molar-refractivity contribution in [3.63, 3.8) is 0 Å². The molecule has 0 aliphatic heterocycles. The van der Waals surface area contributed by atoms with E-state index in [1.807, 2.05) is 12.1 Å². The van der Waals surface area contributed by atoms with Gasteiger partial charge >= 0.3 is 0 Å². The topological polar surface area (TPSA) is 9.23 Å². The van der Waals surface area contributed by atoms with Crippen LogP contribution in [0.3, 0.4) is 0 Å². The maximum atomic E-state index is 6.08. The van der Waals surface area contributed by atoms with Crippen molar-refractivity contribution in [2.75, 3.05) is 13.0 Å². The molecule has 0 heterocycles. The minimum Gasteiger partial charge on any atom is -0.497 e. The van der Waals surface area contributed by atoms with Gasteiger partial charge in [0.1, 0.15) is 5.75 Å². The Labute approximate surface area is 111 Å². The van der Waals surface area contributed by atoms with Crippen LogP contribution < -0.4 is 4.74 Å². The zero-order valence-corrected chi connectivity index (χ0v) is 13.1. The smallest absolute Gasteiger partial charge is 0.118 e. The molecule has 0 aromatic heterocycles. The molecule has 1 atom stereocenters. The molecule has 0 saturated carbocycles. The van der Waals surface area contributed by atoms with Crippen LogP contribution in [0, 0.1) is 5.92 Å². The summed E-state index contributed by atoms with van der Waals surface area (Å²) in [5.41, 5.74) is 1.36. The van der Waals surface area contributed by atoms with Crippen LogP contribution in [0.4, 0.5) is 0 Å². The molecule has 1 nitrogen and oxygen atoms in total. The first-order valence-corrected chi connectivity index (χ1v) is 10.4. The molecular weight excluding hydrogens is 248 g/mol. The molecule has 0 amide bonds. The number of hydrogen-bond acceptors (Lipinski definition) is 1. The number of alkyl halides is 1. The summed E-state index contributed by atoms with van der Waals surface area (Å²) < 4.78 is 5.16. The van der Waals surface area contributed by atoms with Gasteiger partial charge in [-0.05, 0) is 30.0 Å². The summed E-state index contributed by atoms with van der Waals surface area (Å²) in [6.45, 7) is 7.21. The van der Waals surface area contributed by atoms with Crippen molar-refractivity contribution >= 4 is 19.7 Å². The van der Waals surface area contributed by atoms with Crippen molar-refractivity contribution in [2.24, 2.45) is 5.92 Å². The molecule has 0 aliphatic carbocycles. The summed E-state index contributed by atoms with van der Waals surface area (Å²) in [6, 6.07) is 9.62. The van der Waals surface area contributed by atoms with E-state index in [4.69, 9.17) is 16.3 Å². The maximum absolute atomic E-state index is 6.08. The molecule has 1 aromatic rings. The molecule has 3 heteroatoms. The predicted molar refractivity (Wildman–Crippen MR) is 79.1 cm³/mol. The Balaban J connectivity index is 2.61. The average molecular weight is 271 g/mol. The second kappa shape index (κ2) is 6.46. The zero-order valence-electron chi connectivity index (χ0n) is 11.3. The zero-order chi connectivity index (χ0) is 12.9. The predicted octanol–water partition coefficient (Wildman–Crippen LogP) is 4.43. The lowest BCUT2D eigenvalue weighted by molar-refractivity contribution is 0.414. The number of benzene rings is 1. The van der Waals surface area contributed by atoms with E-state index in [2.05, 4.69) is 31.8 Å². The molecular formula is C14H23ClOSi. The van der Waals surface area contributed by atoms with Crippen molar-refractivity contribution in [2.45, 2.75) is 32.1 Å². The fraction of sp³-hybridized carbons (Fsp3) is 0.571. The molecule has 0 aliphatic rings. The monoisotopic (exact) mass is 270 g/mol. The van der Waals surface area contributed by atoms with E-state index in [1.54, 1.807) is 7.11 Å². The molecule has 0 saturated heterocycles. The highest BCUT2D eigenvalue weighted by Crippen LogP contribution is 2.23. The standard InChI is InChI=1S/C14H23ClOSi/c1-16-14-7-5-12(6-8-14)9-13(10-15)11-17(2,3)4/h5-8,13H,9-11H2,1-4H3. The Morgan fingerprint density at radius 1 is 1.18 bits per heavy atom. The summed E-state index contributed by atoms with van der Waals surface area (Å²) in [5.74, 6) is 2.29. The van der Waals surface area contributed by atoms with Crippen molar-refractivity contribution in [3.05, 3.63) is 29.8 Å². The summed E-state index contributed by atoms with van der Waals surface area (Å²) in [7, 11) is 0.674. The molecule has 0 radical (unpaired) electrons. The summed E-state index contributed by atoms with van der Waals surface area (Å²) in [5, 5.41) is 0. The van der Waals surface area contributed by atoms with Gasteiger partial charge in [-0.25, -0.2) is 0 Å². The van der Waals surface area contributed by atoms with Gasteiger partial charge in [-0.15, -0.1) is 11.6 Å². The van der Waals surface area contributed by atoms with Crippen molar-refractivity contribution in [1.29, 1.82) is 0 Å². The molecule has 1 rings (SSSR count). The molecule has 0 bridgehead atoms. The Kier molecular flexibility index (Phi) is 5.54. The first-order chi connectivity index (χ1) is 7.94. The number of ether oxygens (including phenoxy) is 1. The summed E-state index contributed by atoms with van der Waals surface area (Å²) in [6.07, 6.45) is 1.08. The number of rotatable bonds is 6. The fourth-order valence-electron chi connectivity index (χ4n) is 2.14. The SMILES string of the molecule is COc1ccc(CC(CCl)C[Si](C)(C)C)cc1. The van der Waals surface area contributed by atoms with Gasteiger partial charge in [-0.3, -0.25) is 0 Å². The summed E-state index contributed by atoms with van der Waals surface area (Å²) in [4.78, 5) is 0. The first kappa shape index (κ1) is 14.6. The van der Waals surface area contributed by atoms with Crippen molar-refractivity contribution < 1.29 is 4.74 Å². The average Bonchev–Trinajstić information content (AvgIpc) is 2.27. The van der Waals surface area contributed by atoms with Crippen molar-refractivity contribution in [3.8, 4) is 5.75 Å². The normalized spacial score (nSPS) is 13.5. The van der Waals surface area contributed by atoms with Crippen LogP contribution in [0.25, 0.3) is 0 Å². The van der Waals surface area contributed by atoms with E-state index in [-0.39, 0.29) is 0 Å². The van der Waals surface area contributed by atoms with Crippen LogP contribution in [0.15, 0.2) is 24.3 Å². The van der Waals surface area contributed by atoms with E-state index >= 15 is 0 Å². The number of methoxy groups -OCH3 is 1. The number of hydrogen-bond donors (Lipinski definition) is 0. The summed E-state index contributed by atoms with van der Waals surface area (Å²) >= 11 is 6.08. The minimum atomic E-state index is -1.02. The lowest BCUT2D eigenvalue weighted by Crippen LogP contribution is -2.25. The fourth-order valence-corrected chi connectivity index (χ4v) is 4.56. The highest BCUT2D eigenvalue weighted by molar-refractivity contribution is 6.76. The maximum Gasteiger partial charge on any atom is 0.118 e. The van der Waals surface area contributed by atoms with Crippen LogP contribution in [-0.2, 0) is 6.42 Å². The Hall–Kier alpha value is -0.473. The third-order valence-electron chi connectivity index (χ3n) is 2.80. The van der Waals surface area contributed by atoms with Crippen LogP contribution in [-0.4, -0.2) is 21.1 Å². The van der Waals surface area contributed by atoms with E-state index in [0.29, 0.717) is 5.92 Å². The lowest BCUT2D eigenvalue weighted by Gasteiger charge is -2.23. The van der Waals surface area contributed by atoms with E-state index in [9.17, 15) is 0 Å². The molecule has 0 N–H and O–H groups in total. The molecule has 96 valence electrons. The highest BCUT2D eigenvalue weighted by Gasteiger charge is 2.20. The number of halogens is 1. The van der Waals surface area contributed by atoms with Gasteiger partial charge in [0.25, 0.3) is 0 Å². The second-order valence-corrected chi connectivity index (χ2v) is 11.7. The quantitative estimate of drug-likeness (QED) is 0.549. The molecule has 1 aromatic carbocycles. The van der Waals surface area contributed by atoms with Crippen LogP contribution in [0.1, 0.15) is 5.56 Å². The van der Waals surface area contributed by atoms with Gasteiger partial charge in [0, 0.05) is 14.0 Å². The second-order valence-electron chi connectivity index (χ2n) is 5.84. The Bertz CT molecular complexity index is 329. The van der Waals surface area contributed by atoms with E-state index in [1.165, 1.54) is 11.6 Å². The van der Waals surface area contributed by atoms with Gasteiger partial charge in [-0.2, -0.15) is 0 Å². The third-order valence-corrected chi connectivity index (χ3v) is 5.04. The third kappa shape index (κ3) is 5.60. The molecule has 0 fully saturated rings. The Morgan fingerprint density at radius 2 is 1.76 bits per heavy atom. The van der Waals surface area contributed by atoms with E-state index < -0.39 is 8.07 Å². The van der Waals surface area contributed by atoms with E-state index in [0.717, 1.165) is 18.1 Å². The lowest BCUT2D eigenvalue weighted by atomic mass is 10.0. The van der Waals surface area contributed by atoms with Gasteiger partial charge in [-0.1, -0.05) is 37.8 Å². The van der Waals surface area contributed by atoms with Crippen LogP contribution in [0.5, 0.6) is 5.75 Å². The largest absolute Gasteiger partial charge is 0.497 e. The Morgan fingerprint density at radius 3 is 2.18 bits per heavy atom.